The molecule has 2 N–H and O–H groups in total. The second-order valence-electron chi connectivity index (χ2n) is 6.14. The molecule has 1 aromatic carbocycles. The molecule has 136 valence electrons. The molecule has 0 aliphatic carbocycles. The van der Waals surface area contributed by atoms with Crippen molar-refractivity contribution >= 4 is 5.91 Å². The van der Waals surface area contributed by atoms with Gasteiger partial charge >= 0.3 is 0 Å². The lowest BCUT2D eigenvalue weighted by Crippen LogP contribution is -2.31. The molecule has 0 spiro atoms. The van der Waals surface area contributed by atoms with Crippen molar-refractivity contribution in [2.24, 2.45) is 0 Å². The Bertz CT molecular complexity index is 1050. The van der Waals surface area contributed by atoms with Gasteiger partial charge in [-0.05, 0) is 48.9 Å². The van der Waals surface area contributed by atoms with Crippen LogP contribution in [0.3, 0.4) is 0 Å². The highest BCUT2D eigenvalue weighted by Crippen LogP contribution is 2.34. The van der Waals surface area contributed by atoms with Crippen molar-refractivity contribution in [1.29, 1.82) is 0 Å². The van der Waals surface area contributed by atoms with E-state index in [4.69, 9.17) is 9.47 Å². The number of rotatable bonds is 4. The van der Waals surface area contributed by atoms with E-state index in [2.05, 4.69) is 15.3 Å². The van der Waals surface area contributed by atoms with Crippen molar-refractivity contribution < 1.29 is 14.3 Å². The van der Waals surface area contributed by atoms with E-state index in [-0.39, 0.29) is 18.4 Å². The van der Waals surface area contributed by atoms with Gasteiger partial charge in [0, 0.05) is 6.20 Å². The third kappa shape index (κ3) is 3.39. The van der Waals surface area contributed by atoms with Crippen LogP contribution in [-0.4, -0.2) is 22.7 Å². The maximum atomic E-state index is 12.5. The van der Waals surface area contributed by atoms with E-state index >= 15 is 0 Å². The molecule has 1 amide bonds. The van der Waals surface area contributed by atoms with E-state index in [1.54, 1.807) is 30.5 Å². The number of carbonyl (C=O) groups is 1. The van der Waals surface area contributed by atoms with Crippen LogP contribution in [0, 0.1) is 0 Å². The molecule has 3 heterocycles. The van der Waals surface area contributed by atoms with Crippen LogP contribution >= 0.6 is 0 Å². The van der Waals surface area contributed by atoms with Gasteiger partial charge in [0.1, 0.15) is 5.56 Å². The summed E-state index contributed by atoms with van der Waals surface area (Å²) in [6, 6.07) is 13.8. The highest BCUT2D eigenvalue weighted by molar-refractivity contribution is 5.94. The summed E-state index contributed by atoms with van der Waals surface area (Å²) in [4.78, 5) is 31.8. The Morgan fingerprint density at radius 2 is 2.00 bits per heavy atom. The van der Waals surface area contributed by atoms with Crippen LogP contribution in [0.5, 0.6) is 11.5 Å². The second-order valence-corrected chi connectivity index (χ2v) is 6.14. The Morgan fingerprint density at radius 3 is 2.78 bits per heavy atom. The molecule has 1 aliphatic rings. The molecular weight excluding hydrogens is 346 g/mol. The zero-order chi connectivity index (χ0) is 18.8. The van der Waals surface area contributed by atoms with E-state index in [0.29, 0.717) is 22.9 Å². The Kier molecular flexibility index (Phi) is 4.33. The van der Waals surface area contributed by atoms with Gasteiger partial charge in [0.05, 0.1) is 17.4 Å². The fourth-order valence-corrected chi connectivity index (χ4v) is 2.86. The molecular formula is C20H17N3O4. The van der Waals surface area contributed by atoms with Gasteiger partial charge < -0.3 is 19.8 Å². The average Bonchev–Trinajstić information content (AvgIpc) is 3.16. The minimum atomic E-state index is -0.464. The first-order chi connectivity index (χ1) is 13.1. The van der Waals surface area contributed by atoms with Crippen molar-refractivity contribution in [3.8, 4) is 22.9 Å². The first kappa shape index (κ1) is 16.8. The summed E-state index contributed by atoms with van der Waals surface area (Å²) >= 11 is 0. The van der Waals surface area contributed by atoms with Gasteiger partial charge in [-0.25, -0.2) is 0 Å². The molecule has 7 nitrogen and oxygen atoms in total. The Labute approximate surface area is 155 Å². The number of nitrogens with one attached hydrogen (secondary N) is 2. The standard InChI is InChI=1S/C20H17N3O4/c1-12(13-5-8-17-18(10-13)27-11-26-17)22-19(24)14-6-7-16(23-20(14)25)15-4-2-3-9-21-15/h2-10,12H,11H2,1H3,(H,22,24)(H,23,25). The highest BCUT2D eigenvalue weighted by Gasteiger charge is 2.18. The fraction of sp³-hybridized carbons (Fsp3) is 0.150. The largest absolute Gasteiger partial charge is 0.454 e. The average molecular weight is 363 g/mol. The lowest BCUT2D eigenvalue weighted by atomic mass is 10.1. The number of hydrogen-bond donors (Lipinski definition) is 2. The predicted octanol–water partition coefficient (Wildman–Crippen LogP) is 2.66. The first-order valence-corrected chi connectivity index (χ1v) is 8.47. The van der Waals surface area contributed by atoms with Gasteiger partial charge in [0.25, 0.3) is 11.5 Å². The van der Waals surface area contributed by atoms with E-state index < -0.39 is 11.5 Å². The van der Waals surface area contributed by atoms with Crippen LogP contribution in [0.15, 0.2) is 59.5 Å². The van der Waals surface area contributed by atoms with Crippen LogP contribution in [0.25, 0.3) is 11.4 Å². The zero-order valence-electron chi connectivity index (χ0n) is 14.6. The van der Waals surface area contributed by atoms with Gasteiger partial charge in [-0.3, -0.25) is 14.6 Å². The molecule has 0 saturated heterocycles. The van der Waals surface area contributed by atoms with Crippen LogP contribution < -0.4 is 20.3 Å². The highest BCUT2D eigenvalue weighted by atomic mass is 16.7. The number of nitrogens with zero attached hydrogens (tertiary/aromatic N) is 1. The number of benzene rings is 1. The maximum absolute atomic E-state index is 12.5. The van der Waals surface area contributed by atoms with Crippen LogP contribution in [0.2, 0.25) is 0 Å². The quantitative estimate of drug-likeness (QED) is 0.743. The molecule has 1 unspecified atom stereocenters. The SMILES string of the molecule is CC(NC(=O)c1ccc(-c2ccccn2)[nH]c1=O)c1ccc2c(c1)OCO2. The van der Waals surface area contributed by atoms with Gasteiger partial charge in [-0.1, -0.05) is 12.1 Å². The fourth-order valence-electron chi connectivity index (χ4n) is 2.86. The number of amides is 1. The predicted molar refractivity (Wildman–Crippen MR) is 98.7 cm³/mol. The second kappa shape index (κ2) is 6.95. The third-order valence-corrected chi connectivity index (χ3v) is 4.34. The summed E-state index contributed by atoms with van der Waals surface area (Å²) in [5.74, 6) is 0.874. The number of aromatic amines is 1. The van der Waals surface area contributed by atoms with Crippen LogP contribution in [0.1, 0.15) is 28.9 Å². The number of hydrogen-bond acceptors (Lipinski definition) is 5. The minimum Gasteiger partial charge on any atom is -0.454 e. The molecule has 4 rings (SSSR count). The topological polar surface area (TPSA) is 93.3 Å². The molecule has 3 aromatic rings. The molecule has 0 fully saturated rings. The molecule has 1 atom stereocenters. The van der Waals surface area contributed by atoms with Crippen molar-refractivity contribution in [2.75, 3.05) is 6.79 Å². The van der Waals surface area contributed by atoms with Gasteiger partial charge in [-0.2, -0.15) is 0 Å². The Hall–Kier alpha value is -3.61. The lowest BCUT2D eigenvalue weighted by molar-refractivity contribution is 0.0938. The lowest BCUT2D eigenvalue weighted by Gasteiger charge is -2.14. The molecule has 7 heteroatoms. The summed E-state index contributed by atoms with van der Waals surface area (Å²) < 4.78 is 10.6. The number of H-pyrrole nitrogens is 1. The Morgan fingerprint density at radius 1 is 1.15 bits per heavy atom. The van der Waals surface area contributed by atoms with Crippen molar-refractivity contribution in [1.82, 2.24) is 15.3 Å². The molecule has 0 bridgehead atoms. The smallest absolute Gasteiger partial charge is 0.261 e. The van der Waals surface area contributed by atoms with Crippen molar-refractivity contribution in [3.63, 3.8) is 0 Å². The maximum Gasteiger partial charge on any atom is 0.261 e. The number of aromatic nitrogens is 2. The molecule has 0 saturated carbocycles. The van der Waals surface area contributed by atoms with Crippen LogP contribution in [0.4, 0.5) is 0 Å². The first-order valence-electron chi connectivity index (χ1n) is 8.47. The third-order valence-electron chi connectivity index (χ3n) is 4.34. The molecule has 2 aromatic heterocycles. The van der Waals surface area contributed by atoms with Crippen LogP contribution in [-0.2, 0) is 0 Å². The minimum absolute atomic E-state index is 0.0438. The van der Waals surface area contributed by atoms with E-state index in [9.17, 15) is 9.59 Å². The Balaban J connectivity index is 1.52. The number of pyridine rings is 2. The van der Waals surface area contributed by atoms with Crippen molar-refractivity contribution in [2.45, 2.75) is 13.0 Å². The van der Waals surface area contributed by atoms with Gasteiger partial charge in [-0.15, -0.1) is 0 Å². The van der Waals surface area contributed by atoms with Crippen molar-refractivity contribution in [3.05, 3.63) is 76.2 Å². The van der Waals surface area contributed by atoms with E-state index in [1.807, 2.05) is 25.1 Å². The zero-order valence-corrected chi connectivity index (χ0v) is 14.6. The summed E-state index contributed by atoms with van der Waals surface area (Å²) in [5, 5.41) is 2.83. The van der Waals surface area contributed by atoms with E-state index in [0.717, 1.165) is 5.56 Å². The van der Waals surface area contributed by atoms with Gasteiger partial charge in [0.2, 0.25) is 6.79 Å². The summed E-state index contributed by atoms with van der Waals surface area (Å²) in [7, 11) is 0. The summed E-state index contributed by atoms with van der Waals surface area (Å²) in [6.07, 6.45) is 1.64. The van der Waals surface area contributed by atoms with Gasteiger partial charge in [0.15, 0.2) is 11.5 Å². The monoisotopic (exact) mass is 363 g/mol. The normalized spacial score (nSPS) is 13.2. The summed E-state index contributed by atoms with van der Waals surface area (Å²) in [6.45, 7) is 2.03. The molecule has 27 heavy (non-hydrogen) atoms. The number of ether oxygens (including phenoxy) is 2. The molecule has 1 aliphatic heterocycles. The van der Waals surface area contributed by atoms with E-state index in [1.165, 1.54) is 6.07 Å². The number of carbonyl (C=O) groups excluding carboxylic acids is 1. The summed E-state index contributed by atoms with van der Waals surface area (Å²) in [5.41, 5.74) is 1.63. The molecule has 0 radical (unpaired) electrons. The number of fused-ring (bicyclic) bond motifs is 1.